The molecule has 1 saturated heterocycles. The van der Waals surface area contributed by atoms with Crippen LogP contribution in [0.2, 0.25) is 0 Å². The van der Waals surface area contributed by atoms with Crippen LogP contribution in [-0.2, 0) is 0 Å². The summed E-state index contributed by atoms with van der Waals surface area (Å²) in [6, 6.07) is 4.20. The molecular formula is C9H12N4S. The molecular weight excluding hydrogens is 196 g/mol. The minimum atomic E-state index is 0.254. The van der Waals surface area contributed by atoms with Crippen molar-refractivity contribution in [3.63, 3.8) is 0 Å². The topological polar surface area (TPSA) is 79.1 Å². The van der Waals surface area contributed by atoms with E-state index in [1.54, 1.807) is 0 Å². The Morgan fingerprint density at radius 3 is 2.93 bits per heavy atom. The fourth-order valence-electron chi connectivity index (χ4n) is 1.62. The summed E-state index contributed by atoms with van der Waals surface area (Å²) < 4.78 is 0. The highest BCUT2D eigenvalue weighted by molar-refractivity contribution is 7.17. The Hall–Kier alpha value is -1.25. The molecule has 0 bridgehead atoms. The zero-order valence-electron chi connectivity index (χ0n) is 7.73. The van der Waals surface area contributed by atoms with Crippen LogP contribution in [0.3, 0.4) is 0 Å². The molecule has 1 fully saturated rings. The highest BCUT2D eigenvalue weighted by atomic mass is 32.1. The number of anilines is 2. The van der Waals surface area contributed by atoms with Crippen LogP contribution in [0, 0.1) is 11.3 Å². The van der Waals surface area contributed by atoms with Crippen molar-refractivity contribution in [2.45, 2.75) is 12.5 Å². The predicted molar refractivity (Wildman–Crippen MR) is 58.3 cm³/mol. The van der Waals surface area contributed by atoms with Crippen LogP contribution in [-0.4, -0.2) is 19.1 Å². The quantitative estimate of drug-likeness (QED) is 0.713. The Morgan fingerprint density at radius 2 is 2.43 bits per heavy atom. The van der Waals surface area contributed by atoms with Gasteiger partial charge in [-0.2, -0.15) is 5.26 Å². The van der Waals surface area contributed by atoms with E-state index in [2.05, 4.69) is 11.0 Å². The molecule has 74 valence electrons. The van der Waals surface area contributed by atoms with Crippen LogP contribution in [0.15, 0.2) is 6.07 Å². The van der Waals surface area contributed by atoms with Crippen molar-refractivity contribution in [1.29, 1.82) is 5.26 Å². The third kappa shape index (κ3) is 1.54. The molecule has 0 saturated carbocycles. The van der Waals surface area contributed by atoms with E-state index in [9.17, 15) is 0 Å². The lowest BCUT2D eigenvalue weighted by Gasteiger charge is -2.14. The van der Waals surface area contributed by atoms with Crippen molar-refractivity contribution in [2.24, 2.45) is 5.73 Å². The Balaban J connectivity index is 2.21. The van der Waals surface area contributed by atoms with E-state index in [1.165, 1.54) is 11.3 Å². The van der Waals surface area contributed by atoms with E-state index in [4.69, 9.17) is 16.7 Å². The number of nitrogen functional groups attached to an aromatic ring is 1. The Morgan fingerprint density at radius 1 is 1.64 bits per heavy atom. The SMILES string of the molecule is N#Cc1sc(N2CCC(N)C2)cc1N. The van der Waals surface area contributed by atoms with E-state index >= 15 is 0 Å². The van der Waals surface area contributed by atoms with Gasteiger partial charge in [0.1, 0.15) is 10.9 Å². The van der Waals surface area contributed by atoms with Gasteiger partial charge in [-0.05, 0) is 12.5 Å². The van der Waals surface area contributed by atoms with Crippen molar-refractivity contribution in [3.05, 3.63) is 10.9 Å². The largest absolute Gasteiger partial charge is 0.397 e. The molecule has 2 rings (SSSR count). The summed E-state index contributed by atoms with van der Waals surface area (Å²) in [5.74, 6) is 0. The van der Waals surface area contributed by atoms with E-state index in [1.807, 2.05) is 6.07 Å². The predicted octanol–water partition coefficient (Wildman–Crippen LogP) is 0.739. The van der Waals surface area contributed by atoms with Gasteiger partial charge in [0.25, 0.3) is 0 Å². The van der Waals surface area contributed by atoms with Crippen LogP contribution in [0.4, 0.5) is 10.7 Å². The first kappa shape index (κ1) is 9.31. The monoisotopic (exact) mass is 208 g/mol. The molecule has 0 amide bonds. The summed E-state index contributed by atoms with van der Waals surface area (Å²) >= 11 is 1.44. The molecule has 4 nitrogen and oxygen atoms in total. The Labute approximate surface area is 86.7 Å². The van der Waals surface area contributed by atoms with Gasteiger partial charge in [-0.15, -0.1) is 11.3 Å². The molecule has 5 heteroatoms. The van der Waals surface area contributed by atoms with Crippen molar-refractivity contribution in [3.8, 4) is 6.07 Å². The molecule has 1 unspecified atom stereocenters. The van der Waals surface area contributed by atoms with Crippen molar-refractivity contribution in [1.82, 2.24) is 0 Å². The minimum Gasteiger partial charge on any atom is -0.397 e. The number of nitriles is 1. The van der Waals surface area contributed by atoms with Crippen LogP contribution < -0.4 is 16.4 Å². The van der Waals surface area contributed by atoms with Gasteiger partial charge in [0.15, 0.2) is 0 Å². The second-order valence-electron chi connectivity index (χ2n) is 3.48. The maximum Gasteiger partial charge on any atom is 0.129 e. The number of hydrogen-bond donors (Lipinski definition) is 2. The Kier molecular flexibility index (Phi) is 2.32. The molecule has 1 aliphatic rings. The third-order valence-corrected chi connectivity index (χ3v) is 3.50. The molecule has 1 atom stereocenters. The molecule has 2 heterocycles. The molecule has 0 radical (unpaired) electrons. The molecule has 0 aromatic carbocycles. The number of hydrogen-bond acceptors (Lipinski definition) is 5. The average Bonchev–Trinajstić information content (AvgIpc) is 2.71. The van der Waals surface area contributed by atoms with Gasteiger partial charge >= 0.3 is 0 Å². The number of nitrogens with zero attached hydrogens (tertiary/aromatic N) is 2. The van der Waals surface area contributed by atoms with Gasteiger partial charge < -0.3 is 16.4 Å². The van der Waals surface area contributed by atoms with Crippen molar-refractivity contribution < 1.29 is 0 Å². The smallest absolute Gasteiger partial charge is 0.129 e. The second-order valence-corrected chi connectivity index (χ2v) is 4.51. The highest BCUT2D eigenvalue weighted by Gasteiger charge is 2.21. The fraction of sp³-hybridized carbons (Fsp3) is 0.444. The Bertz CT molecular complexity index is 379. The summed E-state index contributed by atoms with van der Waals surface area (Å²) in [7, 11) is 0. The molecule has 1 aromatic heterocycles. The van der Waals surface area contributed by atoms with Crippen LogP contribution >= 0.6 is 11.3 Å². The van der Waals surface area contributed by atoms with Gasteiger partial charge in [0, 0.05) is 19.1 Å². The number of rotatable bonds is 1. The standard InChI is InChI=1S/C9H12N4S/c10-4-8-7(12)3-9(14-8)13-2-1-6(11)5-13/h3,6H,1-2,5,11-12H2. The lowest BCUT2D eigenvalue weighted by molar-refractivity contribution is 0.752. The van der Waals surface area contributed by atoms with Gasteiger partial charge in [-0.1, -0.05) is 0 Å². The van der Waals surface area contributed by atoms with E-state index < -0.39 is 0 Å². The number of thiophene rings is 1. The first-order valence-electron chi connectivity index (χ1n) is 4.50. The summed E-state index contributed by atoms with van der Waals surface area (Å²) in [6.45, 7) is 1.83. The molecule has 1 aromatic rings. The lowest BCUT2D eigenvalue weighted by atomic mass is 10.3. The van der Waals surface area contributed by atoms with E-state index in [-0.39, 0.29) is 6.04 Å². The summed E-state index contributed by atoms with van der Waals surface area (Å²) in [4.78, 5) is 2.78. The van der Waals surface area contributed by atoms with Gasteiger partial charge in [-0.3, -0.25) is 0 Å². The van der Waals surface area contributed by atoms with Gasteiger partial charge in [-0.25, -0.2) is 0 Å². The maximum atomic E-state index is 8.76. The molecule has 4 N–H and O–H groups in total. The minimum absolute atomic E-state index is 0.254. The van der Waals surface area contributed by atoms with E-state index in [0.717, 1.165) is 24.5 Å². The molecule has 1 aliphatic heterocycles. The highest BCUT2D eigenvalue weighted by Crippen LogP contribution is 2.33. The van der Waals surface area contributed by atoms with Gasteiger partial charge in [0.05, 0.1) is 10.7 Å². The zero-order chi connectivity index (χ0) is 10.1. The van der Waals surface area contributed by atoms with Crippen LogP contribution in [0.1, 0.15) is 11.3 Å². The lowest BCUT2D eigenvalue weighted by Crippen LogP contribution is -2.25. The first-order chi connectivity index (χ1) is 6.70. The molecule has 14 heavy (non-hydrogen) atoms. The zero-order valence-corrected chi connectivity index (χ0v) is 8.55. The van der Waals surface area contributed by atoms with Crippen molar-refractivity contribution in [2.75, 3.05) is 23.7 Å². The third-order valence-electron chi connectivity index (χ3n) is 2.39. The summed E-state index contributed by atoms with van der Waals surface area (Å²) in [5.41, 5.74) is 12.1. The first-order valence-corrected chi connectivity index (χ1v) is 5.32. The van der Waals surface area contributed by atoms with Crippen LogP contribution in [0.25, 0.3) is 0 Å². The summed E-state index contributed by atoms with van der Waals surface area (Å²) in [6.07, 6.45) is 1.01. The van der Waals surface area contributed by atoms with Crippen molar-refractivity contribution >= 4 is 22.0 Å². The average molecular weight is 208 g/mol. The fourth-order valence-corrected chi connectivity index (χ4v) is 2.53. The maximum absolute atomic E-state index is 8.76. The number of nitrogens with two attached hydrogens (primary N) is 2. The molecule has 0 aliphatic carbocycles. The normalized spacial score (nSPS) is 21.1. The molecule has 0 spiro atoms. The van der Waals surface area contributed by atoms with Gasteiger partial charge in [0.2, 0.25) is 0 Å². The summed E-state index contributed by atoms with van der Waals surface area (Å²) in [5, 5.41) is 9.83. The van der Waals surface area contributed by atoms with E-state index in [0.29, 0.717) is 10.6 Å². The second kappa shape index (κ2) is 3.48. The van der Waals surface area contributed by atoms with Crippen LogP contribution in [0.5, 0.6) is 0 Å².